The Morgan fingerprint density at radius 3 is 2.67 bits per heavy atom. The van der Waals surface area contributed by atoms with Crippen molar-refractivity contribution >= 4 is 23.5 Å². The van der Waals surface area contributed by atoms with E-state index in [-0.39, 0.29) is 19.0 Å². The number of piperazine rings is 1. The average molecular weight is 609 g/mol. The van der Waals surface area contributed by atoms with Crippen LogP contribution in [-0.4, -0.2) is 81.9 Å². The summed E-state index contributed by atoms with van der Waals surface area (Å²) in [6, 6.07) is 8.52. The van der Waals surface area contributed by atoms with E-state index in [1.165, 1.54) is 24.2 Å². The number of benzene rings is 1. The lowest BCUT2D eigenvalue weighted by atomic mass is 9.68. The summed E-state index contributed by atoms with van der Waals surface area (Å²) in [7, 11) is 0. The molecule has 11 heteroatoms. The fourth-order valence-electron chi connectivity index (χ4n) is 8.25. The van der Waals surface area contributed by atoms with Gasteiger partial charge in [0.2, 0.25) is 0 Å². The fraction of sp³-hybridized carbons (Fsp3) is 0.625. The number of carboxylic acid groups (broad SMARTS) is 1. The van der Waals surface area contributed by atoms with Crippen LogP contribution in [0.15, 0.2) is 18.2 Å². The number of likely N-dealkylation sites (tertiary alicyclic amines) is 1. The van der Waals surface area contributed by atoms with Crippen molar-refractivity contribution in [2.24, 2.45) is 0 Å². The van der Waals surface area contributed by atoms with Crippen LogP contribution in [0, 0.1) is 11.3 Å². The van der Waals surface area contributed by atoms with Crippen molar-refractivity contribution in [1.29, 1.82) is 5.26 Å². The van der Waals surface area contributed by atoms with E-state index in [0.717, 1.165) is 42.5 Å². The Bertz CT molecular complexity index is 1450. The smallest absolute Gasteiger partial charge is 0.407 e. The Morgan fingerprint density at radius 2 is 1.93 bits per heavy atom. The highest BCUT2D eigenvalue weighted by Crippen LogP contribution is 2.56. The molecule has 7 rings (SSSR count). The van der Waals surface area contributed by atoms with Crippen molar-refractivity contribution in [3.05, 3.63) is 45.6 Å². The molecule has 2 saturated heterocycles. The van der Waals surface area contributed by atoms with E-state index >= 15 is 4.39 Å². The molecule has 9 nitrogen and oxygen atoms in total. The number of aromatic nitrogens is 2. The van der Waals surface area contributed by atoms with Crippen LogP contribution in [0.1, 0.15) is 79.9 Å². The lowest BCUT2D eigenvalue weighted by Gasteiger charge is -2.43. The molecule has 1 saturated carbocycles. The molecule has 3 fully saturated rings. The zero-order valence-electron chi connectivity index (χ0n) is 24.4. The molecule has 1 aromatic heterocycles. The summed E-state index contributed by atoms with van der Waals surface area (Å²) in [6.07, 6.45) is 6.25. The first kappa shape index (κ1) is 28.6. The molecule has 1 aromatic carbocycles. The topological polar surface area (TPSA) is 106 Å². The van der Waals surface area contributed by atoms with Crippen LogP contribution in [0.25, 0.3) is 0 Å². The van der Waals surface area contributed by atoms with Crippen LogP contribution in [-0.2, 0) is 18.3 Å². The van der Waals surface area contributed by atoms with Gasteiger partial charge in [-0.2, -0.15) is 15.2 Å². The molecule has 0 unspecified atom stereocenters. The fourth-order valence-corrected chi connectivity index (χ4v) is 8.52. The number of nitrogens with zero attached hydrogens (tertiary/aromatic N) is 6. The van der Waals surface area contributed by atoms with Crippen molar-refractivity contribution in [2.75, 3.05) is 37.7 Å². The van der Waals surface area contributed by atoms with E-state index in [1.807, 2.05) is 23.1 Å². The monoisotopic (exact) mass is 608 g/mol. The molecule has 2 aromatic rings. The summed E-state index contributed by atoms with van der Waals surface area (Å²) in [5.74, 6) is 0.608. The number of carbonyl (C=O) groups is 1. The first-order chi connectivity index (χ1) is 20.9. The van der Waals surface area contributed by atoms with Gasteiger partial charge in [-0.1, -0.05) is 30.2 Å². The van der Waals surface area contributed by atoms with E-state index in [0.29, 0.717) is 67.6 Å². The van der Waals surface area contributed by atoms with Gasteiger partial charge in [0.25, 0.3) is 0 Å². The third-order valence-corrected chi connectivity index (χ3v) is 11.1. The van der Waals surface area contributed by atoms with Gasteiger partial charge in [0.05, 0.1) is 24.2 Å². The van der Waals surface area contributed by atoms with Gasteiger partial charge in [0, 0.05) is 47.7 Å². The maximum absolute atomic E-state index is 17.1. The van der Waals surface area contributed by atoms with Crippen LogP contribution in [0.2, 0.25) is 5.02 Å². The number of hydrogen-bond donors (Lipinski definition) is 1. The highest BCUT2D eigenvalue weighted by atomic mass is 35.5. The van der Waals surface area contributed by atoms with Crippen LogP contribution >= 0.6 is 11.6 Å². The normalized spacial score (nSPS) is 28.8. The van der Waals surface area contributed by atoms with Crippen molar-refractivity contribution in [3.63, 3.8) is 0 Å². The highest BCUT2D eigenvalue weighted by Gasteiger charge is 2.51. The Labute approximate surface area is 256 Å². The lowest BCUT2D eigenvalue weighted by Crippen LogP contribution is -2.55. The standard InChI is InChI=1S/C32H38ClFN6O3/c33-26-8-2-7-25-23(26)9-12-32(25)13-10-24-27(28(32)34)36-30(43-19-22-6-3-15-39(22)20-4-1-5-20)37-29(24)38-16-17-40(31(41)42)21(18-38)11-14-35/h2,7-8,20-22,28H,1,3-6,9-13,15-19H2,(H,41,42)/t21-,22-,28-,32+/m0/s1. The Kier molecular flexibility index (Phi) is 7.58. The van der Waals surface area contributed by atoms with E-state index < -0.39 is 23.7 Å². The molecule has 4 atom stereocenters. The number of fused-ring (bicyclic) bond motifs is 3. The van der Waals surface area contributed by atoms with Crippen molar-refractivity contribution in [1.82, 2.24) is 19.8 Å². The number of alkyl halides is 1. The molecule has 228 valence electrons. The van der Waals surface area contributed by atoms with Crippen LogP contribution in [0.5, 0.6) is 6.01 Å². The number of ether oxygens (including phenoxy) is 1. The predicted molar refractivity (Wildman–Crippen MR) is 159 cm³/mol. The van der Waals surface area contributed by atoms with E-state index in [9.17, 15) is 15.2 Å². The van der Waals surface area contributed by atoms with Gasteiger partial charge in [-0.3, -0.25) is 4.90 Å². The summed E-state index contributed by atoms with van der Waals surface area (Å²) >= 11 is 6.55. The zero-order chi connectivity index (χ0) is 29.7. The Balaban J connectivity index is 1.23. The summed E-state index contributed by atoms with van der Waals surface area (Å²) in [4.78, 5) is 27.4. The molecule has 1 amide bonds. The molecule has 0 radical (unpaired) electrons. The third kappa shape index (κ3) is 4.89. The van der Waals surface area contributed by atoms with Gasteiger partial charge in [-0.15, -0.1) is 0 Å². The Morgan fingerprint density at radius 1 is 1.12 bits per heavy atom. The molecule has 0 bridgehead atoms. The van der Waals surface area contributed by atoms with Gasteiger partial charge < -0.3 is 19.6 Å². The molecular weight excluding hydrogens is 571 g/mol. The lowest BCUT2D eigenvalue weighted by molar-refractivity contribution is 0.0816. The van der Waals surface area contributed by atoms with E-state index in [4.69, 9.17) is 26.3 Å². The van der Waals surface area contributed by atoms with E-state index in [1.54, 1.807) is 0 Å². The minimum Gasteiger partial charge on any atom is -0.465 e. The summed E-state index contributed by atoms with van der Waals surface area (Å²) in [5, 5.41) is 19.8. The molecule has 1 N–H and O–H groups in total. The van der Waals surface area contributed by atoms with Gasteiger partial charge in [-0.05, 0) is 75.1 Å². The zero-order valence-corrected chi connectivity index (χ0v) is 25.1. The number of hydrogen-bond acceptors (Lipinski definition) is 7. The molecule has 1 spiro atoms. The van der Waals surface area contributed by atoms with Crippen LogP contribution < -0.4 is 9.64 Å². The highest BCUT2D eigenvalue weighted by molar-refractivity contribution is 6.31. The second kappa shape index (κ2) is 11.4. The maximum Gasteiger partial charge on any atom is 0.407 e. The van der Waals surface area contributed by atoms with Gasteiger partial charge in [-0.25, -0.2) is 9.18 Å². The molecule has 3 aliphatic carbocycles. The predicted octanol–water partition coefficient (Wildman–Crippen LogP) is 5.45. The molecule has 3 heterocycles. The number of rotatable bonds is 6. The minimum atomic E-state index is -1.35. The molecular formula is C32H38ClFN6O3. The number of nitriles is 1. The van der Waals surface area contributed by atoms with Crippen LogP contribution in [0.3, 0.4) is 0 Å². The number of amides is 1. The third-order valence-electron chi connectivity index (χ3n) is 10.7. The van der Waals surface area contributed by atoms with Gasteiger partial charge in [0.15, 0.2) is 6.17 Å². The summed E-state index contributed by atoms with van der Waals surface area (Å²) < 4.78 is 23.4. The van der Waals surface area contributed by atoms with E-state index in [2.05, 4.69) is 11.0 Å². The van der Waals surface area contributed by atoms with Crippen molar-refractivity contribution in [3.8, 4) is 12.1 Å². The Hall–Kier alpha value is -3.16. The summed E-state index contributed by atoms with van der Waals surface area (Å²) in [6.45, 7) is 2.49. The first-order valence-electron chi connectivity index (χ1n) is 15.7. The molecule has 5 aliphatic rings. The second-order valence-corrected chi connectivity index (χ2v) is 13.3. The first-order valence-corrected chi connectivity index (χ1v) is 16.1. The largest absolute Gasteiger partial charge is 0.465 e. The minimum absolute atomic E-state index is 0.0739. The second-order valence-electron chi connectivity index (χ2n) is 12.8. The van der Waals surface area contributed by atoms with Gasteiger partial charge >= 0.3 is 12.1 Å². The van der Waals surface area contributed by atoms with Gasteiger partial charge in [0.1, 0.15) is 12.4 Å². The molecule has 2 aliphatic heterocycles. The average Bonchev–Trinajstić information content (AvgIpc) is 3.59. The molecule has 43 heavy (non-hydrogen) atoms. The quantitative estimate of drug-likeness (QED) is 0.462. The van der Waals surface area contributed by atoms with Crippen molar-refractivity contribution < 1.29 is 19.0 Å². The maximum atomic E-state index is 17.1. The summed E-state index contributed by atoms with van der Waals surface area (Å²) in [5.41, 5.74) is 2.44. The van der Waals surface area contributed by atoms with Crippen LogP contribution in [0.4, 0.5) is 15.0 Å². The SMILES string of the molecule is N#CC[C@H]1CN(c2nc(OC[C@@H]3CCCN3C3CCC3)nc3c2CC[C@@]2(CCc4c(Cl)cccc42)[C@H]3F)CCN1C(=O)O. The number of anilines is 1. The van der Waals surface area contributed by atoms with Crippen molar-refractivity contribution in [2.45, 2.75) is 93.9 Å². The number of halogens is 2.